The number of guanidine groups is 1. The number of aromatic nitrogens is 2. The molecule has 5 N–H and O–H groups in total. The van der Waals surface area contributed by atoms with E-state index in [1.165, 1.54) is 0 Å². The highest BCUT2D eigenvalue weighted by Gasteiger charge is 1.96. The molecular weight excluding hydrogens is 208 g/mol. The molecule has 16 heavy (non-hydrogen) atoms. The number of hydrogen-bond donors (Lipinski definition) is 4. The second-order valence-corrected chi connectivity index (χ2v) is 3.12. The molecule has 0 saturated heterocycles. The van der Waals surface area contributed by atoms with Crippen LogP contribution in [0.15, 0.2) is 17.4 Å². The lowest BCUT2D eigenvalue weighted by Crippen LogP contribution is -2.42. The van der Waals surface area contributed by atoms with Crippen LogP contribution < -0.4 is 16.6 Å². The maximum atomic E-state index is 5.32. The summed E-state index contributed by atoms with van der Waals surface area (Å²) in [7, 11) is 1.67. The molecule has 1 rings (SSSR count). The summed E-state index contributed by atoms with van der Waals surface area (Å²) in [5, 5.41) is 3.06. The first-order chi connectivity index (χ1) is 7.86. The predicted octanol–water partition coefficient (Wildman–Crippen LogP) is -0.645. The van der Waals surface area contributed by atoms with Crippen LogP contribution in [0.2, 0.25) is 0 Å². The van der Waals surface area contributed by atoms with E-state index in [1.807, 2.05) is 0 Å². The molecule has 0 atom stereocenters. The van der Waals surface area contributed by atoms with E-state index in [1.54, 1.807) is 19.5 Å². The molecule has 1 heterocycles. The van der Waals surface area contributed by atoms with Crippen molar-refractivity contribution in [3.8, 4) is 0 Å². The van der Waals surface area contributed by atoms with Gasteiger partial charge in [-0.05, 0) is 6.42 Å². The normalized spacial score (nSPS) is 11.5. The monoisotopic (exact) mass is 226 g/mol. The smallest absolute Gasteiger partial charge is 0.206 e. The molecule has 0 unspecified atom stereocenters. The molecule has 0 radical (unpaired) electrons. The molecule has 0 saturated carbocycles. The van der Waals surface area contributed by atoms with Gasteiger partial charge in [0.05, 0.1) is 0 Å². The minimum absolute atomic E-state index is 0.462. The average molecular weight is 226 g/mol. The van der Waals surface area contributed by atoms with Gasteiger partial charge in [0.2, 0.25) is 5.96 Å². The number of hydrogen-bond acceptors (Lipinski definition) is 4. The van der Waals surface area contributed by atoms with Gasteiger partial charge in [0.1, 0.15) is 12.4 Å². The molecule has 7 heteroatoms. The minimum atomic E-state index is 0.462. The molecule has 0 bridgehead atoms. The number of ether oxygens (including phenoxy) is 1. The fourth-order valence-corrected chi connectivity index (χ4v) is 1.11. The fraction of sp³-hybridized carbons (Fsp3) is 0.556. The molecule has 7 nitrogen and oxygen atoms in total. The summed E-state index contributed by atoms with van der Waals surface area (Å²) in [6, 6.07) is 0. The fourth-order valence-electron chi connectivity index (χ4n) is 1.11. The van der Waals surface area contributed by atoms with Crippen LogP contribution in [0.4, 0.5) is 0 Å². The Kier molecular flexibility index (Phi) is 5.97. The molecule has 1 aromatic rings. The third kappa shape index (κ3) is 4.76. The summed E-state index contributed by atoms with van der Waals surface area (Å²) in [6.07, 6.45) is 4.34. The highest BCUT2D eigenvalue weighted by atomic mass is 16.5. The minimum Gasteiger partial charge on any atom is -0.385 e. The lowest BCUT2D eigenvalue weighted by molar-refractivity contribution is 0.195. The number of aliphatic imine (C=N–C) groups is 1. The first-order valence-corrected chi connectivity index (χ1v) is 5.09. The Morgan fingerprint density at radius 3 is 3.19 bits per heavy atom. The van der Waals surface area contributed by atoms with Gasteiger partial charge in [-0.25, -0.2) is 15.8 Å². The summed E-state index contributed by atoms with van der Waals surface area (Å²) >= 11 is 0. The second kappa shape index (κ2) is 7.66. The van der Waals surface area contributed by atoms with Gasteiger partial charge in [0.15, 0.2) is 0 Å². The van der Waals surface area contributed by atoms with E-state index in [0.29, 0.717) is 19.1 Å². The molecule has 0 spiro atoms. The van der Waals surface area contributed by atoms with Gasteiger partial charge >= 0.3 is 0 Å². The number of methoxy groups -OCH3 is 1. The van der Waals surface area contributed by atoms with Gasteiger partial charge in [-0.1, -0.05) is 0 Å². The molecule has 0 amide bonds. The standard InChI is InChI=1S/C9H18N6O/c1-16-6-2-3-13-9(15-10)14-7-8-11-4-5-12-8/h4-5H,2-3,6-7,10H2,1H3,(H,11,12)(H2,13,14,15). The van der Waals surface area contributed by atoms with Gasteiger partial charge in [0.25, 0.3) is 0 Å². The Morgan fingerprint density at radius 2 is 2.56 bits per heavy atom. The van der Waals surface area contributed by atoms with Crippen LogP contribution in [0.25, 0.3) is 0 Å². The maximum absolute atomic E-state index is 5.32. The van der Waals surface area contributed by atoms with Crippen molar-refractivity contribution in [2.45, 2.75) is 13.0 Å². The topological polar surface area (TPSA) is 100 Å². The van der Waals surface area contributed by atoms with Crippen LogP contribution in [0.5, 0.6) is 0 Å². The van der Waals surface area contributed by atoms with Gasteiger partial charge < -0.3 is 15.0 Å². The van der Waals surface area contributed by atoms with E-state index in [2.05, 4.69) is 25.7 Å². The van der Waals surface area contributed by atoms with Crippen molar-refractivity contribution in [3.05, 3.63) is 18.2 Å². The third-order valence-corrected chi connectivity index (χ3v) is 1.90. The molecule has 0 aliphatic carbocycles. The molecule has 90 valence electrons. The summed E-state index contributed by atoms with van der Waals surface area (Å²) < 4.78 is 4.93. The number of rotatable bonds is 6. The molecule has 1 aromatic heterocycles. The maximum Gasteiger partial charge on any atom is 0.206 e. The Bertz CT molecular complexity index is 297. The quantitative estimate of drug-likeness (QED) is 0.170. The highest BCUT2D eigenvalue weighted by Crippen LogP contribution is 1.90. The van der Waals surface area contributed by atoms with Gasteiger partial charge in [-0.3, -0.25) is 5.43 Å². The lowest BCUT2D eigenvalue weighted by atomic mass is 10.4. The van der Waals surface area contributed by atoms with Crippen LogP contribution in [-0.2, 0) is 11.3 Å². The zero-order valence-electron chi connectivity index (χ0n) is 9.36. The number of imidazole rings is 1. The Morgan fingerprint density at radius 1 is 1.69 bits per heavy atom. The summed E-state index contributed by atoms with van der Waals surface area (Å²) in [6.45, 7) is 1.93. The summed E-state index contributed by atoms with van der Waals surface area (Å²) in [4.78, 5) is 11.2. The molecule has 0 aliphatic rings. The summed E-state index contributed by atoms with van der Waals surface area (Å²) in [5.74, 6) is 6.67. The highest BCUT2D eigenvalue weighted by molar-refractivity contribution is 5.79. The predicted molar refractivity (Wildman–Crippen MR) is 61.5 cm³/mol. The van der Waals surface area contributed by atoms with Crippen molar-refractivity contribution in [1.29, 1.82) is 0 Å². The molecule has 0 aromatic carbocycles. The Balaban J connectivity index is 2.27. The van der Waals surface area contributed by atoms with Gasteiger partial charge in [0, 0.05) is 32.7 Å². The summed E-state index contributed by atoms with van der Waals surface area (Å²) in [5.41, 5.74) is 2.50. The first-order valence-electron chi connectivity index (χ1n) is 5.09. The zero-order chi connectivity index (χ0) is 11.6. The van der Waals surface area contributed by atoms with E-state index < -0.39 is 0 Å². The SMILES string of the molecule is COCCCNC(=NCc1ncc[nH]1)NN. The number of hydrazine groups is 1. The van der Waals surface area contributed by atoms with Gasteiger partial charge in [-0.15, -0.1) is 0 Å². The number of nitrogens with zero attached hydrogens (tertiary/aromatic N) is 2. The number of H-pyrrole nitrogens is 1. The van der Waals surface area contributed by atoms with Crippen LogP contribution in [-0.4, -0.2) is 36.2 Å². The van der Waals surface area contributed by atoms with Crippen molar-refractivity contribution >= 4 is 5.96 Å². The molecule has 0 fully saturated rings. The van der Waals surface area contributed by atoms with Crippen LogP contribution in [0.1, 0.15) is 12.2 Å². The van der Waals surface area contributed by atoms with Crippen LogP contribution in [0, 0.1) is 0 Å². The number of nitrogens with two attached hydrogens (primary N) is 1. The molecular formula is C9H18N6O. The van der Waals surface area contributed by atoms with Crippen molar-refractivity contribution in [3.63, 3.8) is 0 Å². The Hall–Kier alpha value is -1.60. The van der Waals surface area contributed by atoms with E-state index in [0.717, 1.165) is 18.8 Å². The van der Waals surface area contributed by atoms with E-state index in [-0.39, 0.29) is 0 Å². The van der Waals surface area contributed by atoms with E-state index in [9.17, 15) is 0 Å². The zero-order valence-corrected chi connectivity index (χ0v) is 9.36. The Labute approximate surface area is 94.5 Å². The van der Waals surface area contributed by atoms with Crippen molar-refractivity contribution in [1.82, 2.24) is 20.7 Å². The van der Waals surface area contributed by atoms with Crippen molar-refractivity contribution in [2.75, 3.05) is 20.3 Å². The lowest BCUT2D eigenvalue weighted by Gasteiger charge is -2.08. The van der Waals surface area contributed by atoms with Gasteiger partial charge in [-0.2, -0.15) is 0 Å². The van der Waals surface area contributed by atoms with Crippen LogP contribution in [0.3, 0.4) is 0 Å². The number of nitrogens with one attached hydrogen (secondary N) is 3. The average Bonchev–Trinajstić information content (AvgIpc) is 2.81. The molecule has 0 aliphatic heterocycles. The van der Waals surface area contributed by atoms with E-state index >= 15 is 0 Å². The van der Waals surface area contributed by atoms with E-state index in [4.69, 9.17) is 10.6 Å². The van der Waals surface area contributed by atoms with Crippen molar-refractivity contribution < 1.29 is 4.74 Å². The van der Waals surface area contributed by atoms with Crippen molar-refractivity contribution in [2.24, 2.45) is 10.8 Å². The van der Waals surface area contributed by atoms with Crippen LogP contribution >= 0.6 is 0 Å². The number of aromatic amines is 1. The largest absolute Gasteiger partial charge is 0.385 e. The third-order valence-electron chi connectivity index (χ3n) is 1.90. The second-order valence-electron chi connectivity index (χ2n) is 3.12. The first kappa shape index (κ1) is 12.5.